The molecule has 2 aliphatic rings. The molecule has 1 saturated heterocycles. The number of benzene rings is 2. The molecule has 0 atom stereocenters. The lowest BCUT2D eigenvalue weighted by molar-refractivity contribution is -0.256. The van der Waals surface area contributed by atoms with Crippen molar-refractivity contribution < 1.29 is 19.0 Å². The van der Waals surface area contributed by atoms with Gasteiger partial charge in [-0.3, -0.25) is 4.79 Å². The maximum atomic E-state index is 13.5. The summed E-state index contributed by atoms with van der Waals surface area (Å²) in [5.74, 6) is -0.596. The molecule has 0 saturated carbocycles. The van der Waals surface area contributed by atoms with Crippen molar-refractivity contribution in [3.63, 3.8) is 0 Å². The smallest absolute Gasteiger partial charge is 0.292 e. The van der Waals surface area contributed by atoms with E-state index in [4.69, 9.17) is 14.2 Å². The number of hydrogen-bond acceptors (Lipinski definition) is 4. The summed E-state index contributed by atoms with van der Waals surface area (Å²) in [5, 5.41) is 0. The number of ether oxygens (including phenoxy) is 3. The maximum Gasteiger partial charge on any atom is 0.292 e. The quantitative estimate of drug-likeness (QED) is 0.649. The summed E-state index contributed by atoms with van der Waals surface area (Å²) in [6, 6.07) is 14.2. The highest BCUT2D eigenvalue weighted by atomic mass is 16.7. The van der Waals surface area contributed by atoms with Gasteiger partial charge >= 0.3 is 0 Å². The summed E-state index contributed by atoms with van der Waals surface area (Å²) in [6.45, 7) is 7.72. The maximum absolute atomic E-state index is 13.5. The van der Waals surface area contributed by atoms with E-state index in [0.29, 0.717) is 19.8 Å². The van der Waals surface area contributed by atoms with Crippen molar-refractivity contribution in [3.8, 4) is 5.75 Å². The first kappa shape index (κ1) is 20.9. The second kappa shape index (κ2) is 8.78. The SMILES string of the molecule is CCCCc1ccc2c(c1)C1(OCCCO1)C(=O)N2Cc1ccc(OC(C)C)cc1. The lowest BCUT2D eigenvalue weighted by atomic mass is 10.00. The van der Waals surface area contributed by atoms with Gasteiger partial charge in [-0.15, -0.1) is 0 Å². The number of anilines is 1. The number of carbonyl (C=O) groups is 1. The lowest BCUT2D eigenvalue weighted by Gasteiger charge is -2.32. The molecule has 5 heteroatoms. The predicted molar refractivity (Wildman–Crippen MR) is 117 cm³/mol. The van der Waals surface area contributed by atoms with Crippen molar-refractivity contribution in [2.24, 2.45) is 0 Å². The van der Waals surface area contributed by atoms with Crippen molar-refractivity contribution >= 4 is 11.6 Å². The molecule has 0 N–H and O–H groups in total. The minimum absolute atomic E-state index is 0.130. The van der Waals surface area contributed by atoms with Gasteiger partial charge in [-0.25, -0.2) is 0 Å². The van der Waals surface area contributed by atoms with E-state index >= 15 is 0 Å². The van der Waals surface area contributed by atoms with Crippen LogP contribution in [0.4, 0.5) is 5.69 Å². The molecular formula is C25H31NO4. The first-order valence-electron chi connectivity index (χ1n) is 11.0. The number of fused-ring (bicyclic) bond motifs is 2. The number of unbranched alkanes of at least 4 members (excludes halogenated alkanes) is 1. The van der Waals surface area contributed by atoms with E-state index < -0.39 is 5.79 Å². The zero-order valence-electron chi connectivity index (χ0n) is 18.1. The van der Waals surface area contributed by atoms with Gasteiger partial charge in [-0.05, 0) is 68.5 Å². The van der Waals surface area contributed by atoms with E-state index in [-0.39, 0.29) is 12.0 Å². The molecule has 1 amide bonds. The molecule has 1 fully saturated rings. The molecule has 2 aromatic carbocycles. The van der Waals surface area contributed by atoms with E-state index in [9.17, 15) is 4.79 Å². The second-order valence-corrected chi connectivity index (χ2v) is 8.32. The molecule has 2 heterocycles. The summed E-state index contributed by atoms with van der Waals surface area (Å²) in [6.07, 6.45) is 4.18. The number of amides is 1. The number of hydrogen-bond donors (Lipinski definition) is 0. The van der Waals surface area contributed by atoms with Crippen LogP contribution in [0.3, 0.4) is 0 Å². The highest BCUT2D eigenvalue weighted by Gasteiger charge is 2.54. The Labute approximate surface area is 178 Å². The van der Waals surface area contributed by atoms with Crippen LogP contribution in [0, 0.1) is 0 Å². The molecule has 0 aromatic heterocycles. The number of carbonyl (C=O) groups excluding carboxylic acids is 1. The van der Waals surface area contributed by atoms with Crippen LogP contribution >= 0.6 is 0 Å². The van der Waals surface area contributed by atoms with Crippen molar-refractivity contribution in [1.29, 1.82) is 0 Å². The summed E-state index contributed by atoms with van der Waals surface area (Å²) in [4.78, 5) is 15.3. The molecule has 4 rings (SSSR count). The van der Waals surface area contributed by atoms with Crippen LogP contribution in [0.5, 0.6) is 5.75 Å². The average molecular weight is 410 g/mol. The Balaban J connectivity index is 1.64. The summed E-state index contributed by atoms with van der Waals surface area (Å²) in [5.41, 5.74) is 3.98. The van der Waals surface area contributed by atoms with Gasteiger partial charge in [0, 0.05) is 5.56 Å². The van der Waals surface area contributed by atoms with E-state index in [2.05, 4.69) is 19.1 Å². The van der Waals surface area contributed by atoms with Crippen LogP contribution in [0.25, 0.3) is 0 Å². The van der Waals surface area contributed by atoms with Gasteiger partial charge in [-0.2, -0.15) is 0 Å². The number of nitrogens with zero attached hydrogens (tertiary/aromatic N) is 1. The van der Waals surface area contributed by atoms with Crippen LogP contribution in [0.1, 0.15) is 56.7 Å². The Hall–Kier alpha value is -2.37. The van der Waals surface area contributed by atoms with Gasteiger partial charge in [0.15, 0.2) is 0 Å². The fourth-order valence-corrected chi connectivity index (χ4v) is 4.12. The summed E-state index contributed by atoms with van der Waals surface area (Å²) >= 11 is 0. The first-order chi connectivity index (χ1) is 14.5. The molecule has 0 bridgehead atoms. The molecule has 2 aliphatic heterocycles. The molecule has 2 aromatic rings. The van der Waals surface area contributed by atoms with Crippen molar-refractivity contribution in [3.05, 3.63) is 59.2 Å². The van der Waals surface area contributed by atoms with Gasteiger partial charge in [-0.1, -0.05) is 31.5 Å². The molecule has 30 heavy (non-hydrogen) atoms. The second-order valence-electron chi connectivity index (χ2n) is 8.32. The van der Waals surface area contributed by atoms with Gasteiger partial charge in [0.05, 0.1) is 31.5 Å². The zero-order valence-corrected chi connectivity index (χ0v) is 18.1. The van der Waals surface area contributed by atoms with E-state index in [1.165, 1.54) is 5.56 Å². The van der Waals surface area contributed by atoms with Gasteiger partial charge in [0.2, 0.25) is 0 Å². The summed E-state index contributed by atoms with van der Waals surface area (Å²) < 4.78 is 17.8. The molecule has 0 aliphatic carbocycles. The molecule has 0 radical (unpaired) electrons. The lowest BCUT2D eigenvalue weighted by Crippen LogP contribution is -2.47. The van der Waals surface area contributed by atoms with Crippen molar-refractivity contribution in [2.75, 3.05) is 18.1 Å². The topological polar surface area (TPSA) is 48.0 Å². The Bertz CT molecular complexity index is 885. The van der Waals surface area contributed by atoms with Crippen LogP contribution in [0.15, 0.2) is 42.5 Å². The van der Waals surface area contributed by atoms with Crippen LogP contribution in [-0.2, 0) is 33.0 Å². The summed E-state index contributed by atoms with van der Waals surface area (Å²) in [7, 11) is 0. The zero-order chi connectivity index (χ0) is 21.1. The monoisotopic (exact) mass is 409 g/mol. The van der Waals surface area contributed by atoms with E-state index in [1.807, 2.05) is 44.2 Å². The Morgan fingerprint density at radius 3 is 2.43 bits per heavy atom. The Morgan fingerprint density at radius 1 is 1.07 bits per heavy atom. The number of rotatable bonds is 7. The standard InChI is InChI=1S/C25H31NO4/c1-4-5-7-19-10-13-23-22(16-19)25(28-14-6-15-29-25)24(27)26(23)17-20-8-11-21(12-9-20)30-18(2)3/h8-13,16,18H,4-7,14-15,17H2,1-3H3. The number of aryl methyl sites for hydroxylation is 1. The Kier molecular flexibility index (Phi) is 6.11. The highest BCUT2D eigenvalue weighted by Crippen LogP contribution is 2.46. The molecular weight excluding hydrogens is 378 g/mol. The molecule has 0 unspecified atom stereocenters. The van der Waals surface area contributed by atoms with Gasteiger partial charge in [0.25, 0.3) is 11.7 Å². The van der Waals surface area contributed by atoms with Gasteiger partial charge in [0.1, 0.15) is 5.75 Å². The van der Waals surface area contributed by atoms with Crippen LogP contribution in [0.2, 0.25) is 0 Å². The van der Waals surface area contributed by atoms with Crippen LogP contribution in [-0.4, -0.2) is 25.2 Å². The predicted octanol–water partition coefficient (Wildman–Crippen LogP) is 4.95. The largest absolute Gasteiger partial charge is 0.491 e. The minimum atomic E-state index is -1.30. The third-order valence-corrected chi connectivity index (χ3v) is 5.59. The minimum Gasteiger partial charge on any atom is -0.491 e. The van der Waals surface area contributed by atoms with Crippen molar-refractivity contribution in [2.45, 2.75) is 64.9 Å². The molecule has 160 valence electrons. The average Bonchev–Trinajstić information content (AvgIpc) is 2.96. The Morgan fingerprint density at radius 2 is 1.77 bits per heavy atom. The molecule has 5 nitrogen and oxygen atoms in total. The first-order valence-corrected chi connectivity index (χ1v) is 11.0. The van der Waals surface area contributed by atoms with Gasteiger partial charge < -0.3 is 19.1 Å². The van der Waals surface area contributed by atoms with E-state index in [1.54, 1.807) is 4.90 Å². The van der Waals surface area contributed by atoms with E-state index in [0.717, 1.165) is 48.2 Å². The third kappa shape index (κ3) is 3.96. The fraction of sp³-hybridized carbons (Fsp3) is 0.480. The third-order valence-electron chi connectivity index (χ3n) is 5.59. The van der Waals surface area contributed by atoms with Crippen LogP contribution < -0.4 is 9.64 Å². The van der Waals surface area contributed by atoms with Crippen molar-refractivity contribution in [1.82, 2.24) is 0 Å². The highest BCUT2D eigenvalue weighted by molar-refractivity contribution is 6.06. The fourth-order valence-electron chi connectivity index (χ4n) is 4.12. The normalized spacial score (nSPS) is 17.6. The molecule has 1 spiro atoms.